The molecule has 0 unspecified atom stereocenters. The summed E-state index contributed by atoms with van der Waals surface area (Å²) in [6, 6.07) is 0. The van der Waals surface area contributed by atoms with E-state index < -0.39 is 0 Å². The van der Waals surface area contributed by atoms with Gasteiger partial charge in [-0.25, -0.2) is 0 Å². The Morgan fingerprint density at radius 1 is 0.500 bits per heavy atom. The van der Waals surface area contributed by atoms with Gasteiger partial charge in [0.2, 0.25) is 0 Å². The van der Waals surface area contributed by atoms with E-state index in [1.165, 1.54) is 0 Å². The fraction of sp³-hybridized carbons (Fsp3) is 0. The Balaban J connectivity index is 0. The second-order valence-electron chi connectivity index (χ2n) is 0. The van der Waals surface area contributed by atoms with Gasteiger partial charge in [0.15, 0.2) is 0 Å². The van der Waals surface area contributed by atoms with Crippen molar-refractivity contribution in [2.45, 2.75) is 0 Å². The van der Waals surface area contributed by atoms with E-state index in [0.717, 1.165) is 0 Å². The van der Waals surface area contributed by atoms with Gasteiger partial charge in [-0.05, 0) is 0 Å². The van der Waals surface area contributed by atoms with Gasteiger partial charge in [0, 0.05) is 0 Å². The molecule has 40 valence electrons. The monoisotopic (exact) mass is 223 g/mol. The molecule has 6 heavy (non-hydrogen) atoms. The van der Waals surface area contributed by atoms with Gasteiger partial charge in [0.1, 0.15) is 0 Å². The topological polar surface area (TPSA) is 126 Å². The Bertz CT molecular complexity index is 7.51. The molecule has 0 amide bonds. The molecule has 0 saturated heterocycles. The molecule has 0 atom stereocenters. The van der Waals surface area contributed by atoms with Gasteiger partial charge >= 0.3 is 25.8 Å². The van der Waals surface area contributed by atoms with E-state index in [4.69, 9.17) is 0 Å². The molecule has 0 heterocycles. The average molecular weight is 223 g/mol. The van der Waals surface area contributed by atoms with Crippen LogP contribution in [0.25, 0.3) is 0 Å². The molecule has 0 aliphatic heterocycles. The minimum Gasteiger partial charge on any atom is -0.412 e. The molecular weight excluding hydrogens is 214 g/mol. The molecule has 0 aromatic rings. The average Bonchev–Trinajstić information content (AvgIpc) is 0. The maximum absolute atomic E-state index is 0. The summed E-state index contributed by atoms with van der Waals surface area (Å²) >= 11 is 0. The molecule has 0 spiro atoms. The van der Waals surface area contributed by atoms with E-state index in [-0.39, 0.29) is 60.2 Å². The van der Waals surface area contributed by atoms with Crippen LogP contribution in [0.3, 0.4) is 0 Å². The third kappa shape index (κ3) is 80.0. The largest absolute Gasteiger partial charge is 3.00 e. The van der Waals surface area contributed by atoms with Crippen molar-refractivity contribution in [2.75, 3.05) is 0 Å². The summed E-state index contributed by atoms with van der Waals surface area (Å²) in [5.74, 6) is 0. The number of halogens is 1. The summed E-state index contributed by atoms with van der Waals surface area (Å²) in [4.78, 5) is 0. The van der Waals surface area contributed by atoms with Crippen molar-refractivity contribution in [2.24, 2.45) is 0 Å². The van der Waals surface area contributed by atoms with Crippen molar-refractivity contribution >= 4 is 38.3 Å². The van der Waals surface area contributed by atoms with E-state index in [0.29, 0.717) is 0 Å². The van der Waals surface area contributed by atoms with Crippen LogP contribution in [-0.2, 0) is 0 Å². The van der Waals surface area contributed by atoms with Crippen LogP contribution >= 0.6 is 12.4 Å². The normalized spacial score (nSPS) is 0. The summed E-state index contributed by atoms with van der Waals surface area (Å²) in [5, 5.41) is 0. The number of hydrogen-bond donors (Lipinski definition) is 0. The predicted molar refractivity (Wildman–Crippen MR) is 27.5 cm³/mol. The van der Waals surface area contributed by atoms with Crippen LogP contribution in [0.15, 0.2) is 0 Å². The van der Waals surface area contributed by atoms with Crippen molar-refractivity contribution in [1.82, 2.24) is 0 Å². The molecule has 0 saturated carbocycles. The number of hydrogen-bond acceptors (Lipinski definition) is 0. The van der Waals surface area contributed by atoms with Crippen molar-refractivity contribution in [3.05, 3.63) is 0 Å². The zero-order chi connectivity index (χ0) is 0. The third-order valence-electron chi connectivity index (χ3n) is 0. The molecule has 0 aliphatic rings. The van der Waals surface area contributed by atoms with E-state index in [2.05, 4.69) is 0 Å². The second-order valence-corrected chi connectivity index (χ2v) is 0. The minimum absolute atomic E-state index is 0. The van der Waals surface area contributed by atoms with E-state index >= 15 is 0 Å². The summed E-state index contributed by atoms with van der Waals surface area (Å²) in [6.07, 6.45) is 0. The molecule has 0 fully saturated rings. The van der Waals surface area contributed by atoms with Gasteiger partial charge in [-0.3, -0.25) is 0 Å². The molecular formula is H9ClInO4+3. The van der Waals surface area contributed by atoms with Crippen LogP contribution in [0.5, 0.6) is 0 Å². The third-order valence-corrected chi connectivity index (χ3v) is 0. The molecule has 0 aromatic carbocycles. The van der Waals surface area contributed by atoms with Crippen LogP contribution in [-0.4, -0.2) is 47.7 Å². The first-order valence-corrected chi connectivity index (χ1v) is 0. The predicted octanol–water partition coefficient (Wildman–Crippen LogP) is -3.26. The molecule has 4 nitrogen and oxygen atoms in total. The Labute approximate surface area is 60.4 Å². The van der Waals surface area contributed by atoms with Crippen LogP contribution in [0.2, 0.25) is 0 Å². The zero-order valence-electron chi connectivity index (χ0n) is 2.99. The quantitative estimate of drug-likeness (QED) is 0.409. The Morgan fingerprint density at radius 3 is 0.500 bits per heavy atom. The first kappa shape index (κ1) is 252. The van der Waals surface area contributed by atoms with Crippen molar-refractivity contribution in [3.8, 4) is 0 Å². The van der Waals surface area contributed by atoms with Crippen molar-refractivity contribution in [1.29, 1.82) is 0 Å². The molecule has 0 aromatic heterocycles. The Kier molecular flexibility index (Phi) is 6300. The van der Waals surface area contributed by atoms with E-state index in [1.807, 2.05) is 0 Å². The maximum atomic E-state index is 0. The Hall–Kier alpha value is 1.00. The minimum atomic E-state index is 0. The first-order chi connectivity index (χ1) is 0. The van der Waals surface area contributed by atoms with Crippen molar-refractivity contribution in [3.63, 3.8) is 0 Å². The maximum Gasteiger partial charge on any atom is 3.00 e. The van der Waals surface area contributed by atoms with Gasteiger partial charge in [0.05, 0.1) is 0 Å². The summed E-state index contributed by atoms with van der Waals surface area (Å²) in [6.45, 7) is 0. The SMILES string of the molecule is Cl.O.O.O.O.[In+3]. The van der Waals surface area contributed by atoms with Crippen LogP contribution < -0.4 is 0 Å². The van der Waals surface area contributed by atoms with Gasteiger partial charge in [0.25, 0.3) is 0 Å². The first-order valence-electron chi connectivity index (χ1n) is 0. The van der Waals surface area contributed by atoms with Crippen LogP contribution in [0, 0.1) is 0 Å². The van der Waals surface area contributed by atoms with E-state index in [9.17, 15) is 0 Å². The fourth-order valence-corrected chi connectivity index (χ4v) is 0. The van der Waals surface area contributed by atoms with Crippen LogP contribution in [0.4, 0.5) is 0 Å². The van der Waals surface area contributed by atoms with Crippen LogP contribution in [0.1, 0.15) is 0 Å². The number of rotatable bonds is 0. The molecule has 0 aliphatic carbocycles. The standard InChI is InChI=1S/ClH.In.4H2O/h1H;;4*1H2/q;+3;;;;. The summed E-state index contributed by atoms with van der Waals surface area (Å²) in [5.41, 5.74) is 0. The molecule has 0 radical (unpaired) electrons. The molecule has 6 heteroatoms. The molecule has 8 N–H and O–H groups in total. The second kappa shape index (κ2) is 150. The molecule has 0 bridgehead atoms. The summed E-state index contributed by atoms with van der Waals surface area (Å²) in [7, 11) is 0. The Morgan fingerprint density at radius 2 is 0.500 bits per heavy atom. The van der Waals surface area contributed by atoms with Gasteiger partial charge in [-0.15, -0.1) is 12.4 Å². The van der Waals surface area contributed by atoms with Gasteiger partial charge in [-0.2, -0.15) is 0 Å². The molecule has 0 rings (SSSR count). The fourth-order valence-electron chi connectivity index (χ4n) is 0. The summed E-state index contributed by atoms with van der Waals surface area (Å²) < 4.78 is 0. The zero-order valence-corrected chi connectivity index (χ0v) is 7.10. The van der Waals surface area contributed by atoms with Gasteiger partial charge < -0.3 is 21.9 Å². The van der Waals surface area contributed by atoms with Crippen molar-refractivity contribution < 1.29 is 21.9 Å². The van der Waals surface area contributed by atoms with E-state index in [1.54, 1.807) is 0 Å². The smallest absolute Gasteiger partial charge is 0.412 e. The van der Waals surface area contributed by atoms with Gasteiger partial charge in [-0.1, -0.05) is 0 Å².